The Bertz CT molecular complexity index is 929. The van der Waals surface area contributed by atoms with Gasteiger partial charge in [0.1, 0.15) is 0 Å². The largest absolute Gasteiger partial charge is 0.426 e. The Kier molecular flexibility index (Phi) is 6.79. The summed E-state index contributed by atoms with van der Waals surface area (Å²) in [4.78, 5) is 0. The molecular formula is C25H32O2Si3. The van der Waals surface area contributed by atoms with E-state index in [0.717, 1.165) is 10.4 Å². The first-order valence-electron chi connectivity index (χ1n) is 10.4. The molecule has 0 fully saturated rings. The molecule has 3 aromatic rings. The number of aryl methyl sites for hydroxylation is 1. The summed E-state index contributed by atoms with van der Waals surface area (Å²) in [6.07, 6.45) is 0. The molecule has 0 unspecified atom stereocenters. The maximum atomic E-state index is 7.30. The van der Waals surface area contributed by atoms with Gasteiger partial charge in [-0.25, -0.2) is 0 Å². The van der Waals surface area contributed by atoms with Crippen LogP contribution in [-0.2, 0) is 8.23 Å². The molecule has 3 aromatic carbocycles. The SMILES string of the molecule is C=C[Si](C)(C)O[Si](O[Si](C)(C)c1ccc(C)cc1)(c1ccccc1)c1ccccc1. The molecule has 0 atom stereocenters. The van der Waals surface area contributed by atoms with Gasteiger partial charge < -0.3 is 8.23 Å². The third kappa shape index (κ3) is 4.99. The van der Waals surface area contributed by atoms with Gasteiger partial charge in [0.25, 0.3) is 0 Å². The van der Waals surface area contributed by atoms with Gasteiger partial charge in [0.2, 0.25) is 16.6 Å². The zero-order valence-corrected chi connectivity index (χ0v) is 21.7. The van der Waals surface area contributed by atoms with Crippen molar-refractivity contribution in [1.29, 1.82) is 0 Å². The molecule has 0 aliphatic heterocycles. The lowest BCUT2D eigenvalue weighted by Crippen LogP contribution is -2.71. The molecular weight excluding hydrogens is 417 g/mol. The zero-order chi connectivity index (χ0) is 21.8. The molecule has 3 rings (SSSR count). The van der Waals surface area contributed by atoms with E-state index in [1.165, 1.54) is 10.8 Å². The van der Waals surface area contributed by atoms with Gasteiger partial charge in [0.05, 0.1) is 0 Å². The van der Waals surface area contributed by atoms with Crippen molar-refractivity contribution in [3.8, 4) is 0 Å². The van der Waals surface area contributed by atoms with E-state index in [2.05, 4.69) is 112 Å². The molecule has 0 heterocycles. The molecule has 0 saturated carbocycles. The van der Waals surface area contributed by atoms with Crippen LogP contribution in [0, 0.1) is 6.92 Å². The van der Waals surface area contributed by atoms with Gasteiger partial charge in [-0.3, -0.25) is 0 Å². The van der Waals surface area contributed by atoms with E-state index in [0.29, 0.717) is 0 Å². The fourth-order valence-electron chi connectivity index (χ4n) is 3.52. The first-order chi connectivity index (χ1) is 14.2. The van der Waals surface area contributed by atoms with Crippen molar-refractivity contribution in [3.05, 3.63) is 103 Å². The van der Waals surface area contributed by atoms with E-state index in [-0.39, 0.29) is 0 Å². The topological polar surface area (TPSA) is 18.5 Å². The van der Waals surface area contributed by atoms with Crippen LogP contribution in [0.4, 0.5) is 0 Å². The number of rotatable bonds is 8. The van der Waals surface area contributed by atoms with Gasteiger partial charge in [-0.2, -0.15) is 0 Å². The summed E-state index contributed by atoms with van der Waals surface area (Å²) in [5, 5.41) is 3.57. The van der Waals surface area contributed by atoms with E-state index in [4.69, 9.17) is 8.23 Å². The predicted molar refractivity (Wildman–Crippen MR) is 136 cm³/mol. The molecule has 2 nitrogen and oxygen atoms in total. The first-order valence-corrected chi connectivity index (χ1v) is 18.1. The summed E-state index contributed by atoms with van der Waals surface area (Å²) in [5.74, 6) is 0. The summed E-state index contributed by atoms with van der Waals surface area (Å²) in [6, 6.07) is 29.8. The Balaban J connectivity index is 2.21. The van der Waals surface area contributed by atoms with Gasteiger partial charge in [-0.1, -0.05) is 96.2 Å². The molecule has 0 aromatic heterocycles. The van der Waals surface area contributed by atoms with Gasteiger partial charge in [0, 0.05) is 0 Å². The number of benzene rings is 3. The van der Waals surface area contributed by atoms with Crippen molar-refractivity contribution < 1.29 is 8.23 Å². The summed E-state index contributed by atoms with van der Waals surface area (Å²) >= 11 is 0. The molecule has 0 saturated heterocycles. The molecule has 0 aliphatic rings. The third-order valence-corrected chi connectivity index (χ3v) is 16.7. The maximum Gasteiger partial charge on any atom is 0.386 e. The quantitative estimate of drug-likeness (QED) is 0.468. The third-order valence-electron chi connectivity index (χ3n) is 5.35. The Hall–Kier alpha value is -2.03. The van der Waals surface area contributed by atoms with Crippen molar-refractivity contribution >= 4 is 40.8 Å². The smallest absolute Gasteiger partial charge is 0.386 e. The van der Waals surface area contributed by atoms with Gasteiger partial charge in [0.15, 0.2) is 0 Å². The highest BCUT2D eigenvalue weighted by molar-refractivity contribution is 7.05. The highest BCUT2D eigenvalue weighted by Crippen LogP contribution is 2.22. The van der Waals surface area contributed by atoms with Crippen LogP contribution in [0.15, 0.2) is 97.2 Å². The molecule has 0 amide bonds. The molecule has 5 heteroatoms. The minimum Gasteiger partial charge on any atom is -0.426 e. The molecule has 0 spiro atoms. The lowest BCUT2D eigenvalue weighted by Gasteiger charge is -2.42. The van der Waals surface area contributed by atoms with E-state index in [1.54, 1.807) is 0 Å². The van der Waals surface area contributed by atoms with Crippen molar-refractivity contribution in [1.82, 2.24) is 0 Å². The van der Waals surface area contributed by atoms with Crippen molar-refractivity contribution in [2.75, 3.05) is 0 Å². The second-order valence-corrected chi connectivity index (χ2v) is 20.0. The highest BCUT2D eigenvalue weighted by atomic mass is 28.5. The fourth-order valence-corrected chi connectivity index (χ4v) is 15.2. The van der Waals surface area contributed by atoms with Crippen molar-refractivity contribution in [2.45, 2.75) is 33.1 Å². The average Bonchev–Trinajstić information content (AvgIpc) is 2.74. The Morgan fingerprint density at radius 1 is 0.633 bits per heavy atom. The van der Waals surface area contributed by atoms with E-state index < -0.39 is 25.2 Å². The molecule has 0 N–H and O–H groups in total. The predicted octanol–water partition coefficient (Wildman–Crippen LogP) is 4.63. The van der Waals surface area contributed by atoms with Crippen LogP contribution in [0.5, 0.6) is 0 Å². The second-order valence-electron chi connectivity index (χ2n) is 8.74. The zero-order valence-electron chi connectivity index (χ0n) is 18.7. The summed E-state index contributed by atoms with van der Waals surface area (Å²) in [7, 11) is -7.44. The normalized spacial score (nSPS) is 12.6. The van der Waals surface area contributed by atoms with Crippen LogP contribution < -0.4 is 15.6 Å². The van der Waals surface area contributed by atoms with Gasteiger partial charge in [-0.05, 0) is 48.7 Å². The van der Waals surface area contributed by atoms with Gasteiger partial charge >= 0.3 is 8.56 Å². The van der Waals surface area contributed by atoms with Crippen LogP contribution in [0.3, 0.4) is 0 Å². The standard InChI is InChI=1S/C25H32O2Si3/c1-7-28(3,4)26-30(24-14-10-8-11-15-24,25-16-12-9-13-17-25)27-29(5,6)23-20-18-22(2)19-21-23/h7-21H,1H2,2-6H3. The van der Waals surface area contributed by atoms with Crippen LogP contribution in [0.1, 0.15) is 5.56 Å². The number of hydrogen-bond donors (Lipinski definition) is 0. The van der Waals surface area contributed by atoms with Crippen molar-refractivity contribution in [2.24, 2.45) is 0 Å². The second kappa shape index (κ2) is 8.99. The Morgan fingerprint density at radius 3 is 1.53 bits per heavy atom. The maximum absolute atomic E-state index is 7.30. The van der Waals surface area contributed by atoms with Crippen LogP contribution in [0.25, 0.3) is 0 Å². The Morgan fingerprint density at radius 2 is 1.10 bits per heavy atom. The monoisotopic (exact) mass is 448 g/mol. The fraction of sp³-hybridized carbons (Fsp3) is 0.200. The van der Waals surface area contributed by atoms with E-state index in [9.17, 15) is 0 Å². The van der Waals surface area contributed by atoms with Crippen LogP contribution in [-0.4, -0.2) is 25.2 Å². The molecule has 0 radical (unpaired) electrons. The summed E-state index contributed by atoms with van der Waals surface area (Å²) < 4.78 is 14.4. The highest BCUT2D eigenvalue weighted by Gasteiger charge is 2.50. The lowest BCUT2D eigenvalue weighted by molar-refractivity contribution is 0.419. The van der Waals surface area contributed by atoms with Gasteiger partial charge in [-0.15, -0.1) is 6.58 Å². The minimum absolute atomic E-state index is 1.14. The molecule has 0 bridgehead atoms. The Labute approximate surface area is 184 Å². The lowest BCUT2D eigenvalue weighted by atomic mass is 10.2. The molecule has 30 heavy (non-hydrogen) atoms. The van der Waals surface area contributed by atoms with Crippen LogP contribution >= 0.6 is 0 Å². The molecule has 156 valence electrons. The minimum atomic E-state index is -2.98. The van der Waals surface area contributed by atoms with E-state index >= 15 is 0 Å². The molecule has 0 aliphatic carbocycles. The van der Waals surface area contributed by atoms with Crippen molar-refractivity contribution in [3.63, 3.8) is 0 Å². The van der Waals surface area contributed by atoms with Crippen LogP contribution in [0.2, 0.25) is 26.2 Å². The summed E-state index contributed by atoms with van der Waals surface area (Å²) in [6.45, 7) is 15.1. The average molecular weight is 449 g/mol. The van der Waals surface area contributed by atoms with E-state index in [1.807, 2.05) is 17.8 Å². The summed E-state index contributed by atoms with van der Waals surface area (Å²) in [5.41, 5.74) is 3.26. The number of hydrogen-bond acceptors (Lipinski definition) is 2. The first kappa shape index (κ1) is 22.7.